The fourth-order valence-electron chi connectivity index (χ4n) is 1.99. The number of terminal acetylenes is 1. The highest BCUT2D eigenvalue weighted by molar-refractivity contribution is 9.10. The summed E-state index contributed by atoms with van der Waals surface area (Å²) in [6.45, 7) is 2.01. The van der Waals surface area contributed by atoms with Crippen molar-refractivity contribution in [3.8, 4) is 12.3 Å². The van der Waals surface area contributed by atoms with Crippen molar-refractivity contribution in [2.24, 2.45) is 5.92 Å². The van der Waals surface area contributed by atoms with Crippen molar-refractivity contribution in [1.82, 2.24) is 0 Å². The highest BCUT2D eigenvalue weighted by atomic mass is 79.9. The molecule has 1 atom stereocenters. The second-order valence-corrected chi connectivity index (χ2v) is 5.15. The molecule has 0 bridgehead atoms. The largest absolute Gasteiger partial charge is 0.310 e. The van der Waals surface area contributed by atoms with Crippen LogP contribution in [0.5, 0.6) is 0 Å². The number of anilines is 1. The molecule has 1 aromatic rings. The molecule has 1 heterocycles. The van der Waals surface area contributed by atoms with Crippen molar-refractivity contribution in [2.75, 3.05) is 11.4 Å². The van der Waals surface area contributed by atoms with Crippen LogP contribution in [0, 0.1) is 18.3 Å². The number of ketones is 1. The highest BCUT2D eigenvalue weighted by Crippen LogP contribution is 2.32. The molecule has 92 valence electrons. The Labute approximate surface area is 114 Å². The molecular weight excluding hydrogens is 294 g/mol. The molecule has 4 heteroatoms. The molecule has 1 unspecified atom stereocenters. The van der Waals surface area contributed by atoms with Crippen LogP contribution in [0.3, 0.4) is 0 Å². The van der Waals surface area contributed by atoms with Gasteiger partial charge in [-0.3, -0.25) is 9.59 Å². The number of rotatable bonds is 2. The summed E-state index contributed by atoms with van der Waals surface area (Å²) in [6, 6.07) is 5.24. The minimum Gasteiger partial charge on any atom is -0.310 e. The molecule has 3 nitrogen and oxygen atoms in total. The van der Waals surface area contributed by atoms with Crippen molar-refractivity contribution < 1.29 is 9.59 Å². The molecule has 0 aliphatic carbocycles. The van der Waals surface area contributed by atoms with Crippen LogP contribution in [0.4, 0.5) is 5.69 Å². The summed E-state index contributed by atoms with van der Waals surface area (Å²) >= 11 is 3.40. The van der Waals surface area contributed by atoms with Crippen LogP contribution < -0.4 is 4.90 Å². The number of carbonyl (C=O) groups excluding carboxylic acids is 2. The number of hydrogen-bond acceptors (Lipinski definition) is 2. The Hall–Kier alpha value is -1.60. The van der Waals surface area contributed by atoms with Gasteiger partial charge in [0.05, 0.1) is 5.69 Å². The molecule has 1 aliphatic heterocycles. The summed E-state index contributed by atoms with van der Waals surface area (Å²) < 4.78 is 0.790. The molecule has 0 radical (unpaired) electrons. The van der Waals surface area contributed by atoms with Crippen LogP contribution in [0.2, 0.25) is 0 Å². The van der Waals surface area contributed by atoms with Gasteiger partial charge in [-0.2, -0.15) is 0 Å². The zero-order valence-corrected chi connectivity index (χ0v) is 11.5. The molecule has 2 rings (SSSR count). The Kier molecular flexibility index (Phi) is 3.53. The van der Waals surface area contributed by atoms with E-state index < -0.39 is 0 Å². The molecule has 0 aromatic heterocycles. The standard InChI is InChI=1S/C14H12BrNO2/c1-3-10-6-14(18)16(8-10)13-7-11(9(2)17)4-5-12(13)15/h1,4-5,7,10H,6,8H2,2H3. The molecule has 1 amide bonds. The Bertz CT molecular complexity index is 559. The Morgan fingerprint density at radius 3 is 2.83 bits per heavy atom. The van der Waals surface area contributed by atoms with Gasteiger partial charge < -0.3 is 4.90 Å². The Balaban J connectivity index is 2.39. The highest BCUT2D eigenvalue weighted by Gasteiger charge is 2.30. The quantitative estimate of drug-likeness (QED) is 0.622. The molecule has 18 heavy (non-hydrogen) atoms. The van der Waals surface area contributed by atoms with Crippen LogP contribution in [0.25, 0.3) is 0 Å². The lowest BCUT2D eigenvalue weighted by molar-refractivity contribution is -0.117. The van der Waals surface area contributed by atoms with E-state index in [-0.39, 0.29) is 17.6 Å². The fraction of sp³-hybridized carbons (Fsp3) is 0.286. The molecule has 0 saturated carbocycles. The lowest BCUT2D eigenvalue weighted by Crippen LogP contribution is -2.25. The molecule has 1 fully saturated rings. The minimum atomic E-state index is -0.0506. The van der Waals surface area contributed by atoms with Crippen molar-refractivity contribution in [3.63, 3.8) is 0 Å². The summed E-state index contributed by atoms with van der Waals surface area (Å²) in [5, 5.41) is 0. The number of benzene rings is 1. The SMILES string of the molecule is C#CC1CC(=O)N(c2cc(C(C)=O)ccc2Br)C1. The number of halogens is 1. The average molecular weight is 306 g/mol. The zero-order valence-electron chi connectivity index (χ0n) is 9.94. The molecule has 0 N–H and O–H groups in total. The van der Waals surface area contributed by atoms with E-state index in [4.69, 9.17) is 6.42 Å². The topological polar surface area (TPSA) is 37.4 Å². The van der Waals surface area contributed by atoms with Crippen molar-refractivity contribution in [3.05, 3.63) is 28.2 Å². The maximum atomic E-state index is 11.9. The smallest absolute Gasteiger partial charge is 0.228 e. The lowest BCUT2D eigenvalue weighted by Gasteiger charge is -2.18. The summed E-state index contributed by atoms with van der Waals surface area (Å²) in [6.07, 6.45) is 5.73. The Morgan fingerprint density at radius 1 is 1.56 bits per heavy atom. The van der Waals surface area contributed by atoms with E-state index in [2.05, 4.69) is 21.9 Å². The maximum Gasteiger partial charge on any atom is 0.228 e. The van der Waals surface area contributed by atoms with E-state index in [9.17, 15) is 9.59 Å². The van der Waals surface area contributed by atoms with Crippen LogP contribution in [0.1, 0.15) is 23.7 Å². The first-order valence-electron chi connectivity index (χ1n) is 5.60. The average Bonchev–Trinajstić information content (AvgIpc) is 2.71. The normalized spacial score (nSPS) is 18.8. The molecule has 0 spiro atoms. The van der Waals surface area contributed by atoms with E-state index in [1.807, 2.05) is 0 Å². The fourth-order valence-corrected chi connectivity index (χ4v) is 2.45. The number of carbonyl (C=O) groups is 2. The van der Waals surface area contributed by atoms with E-state index in [1.165, 1.54) is 6.92 Å². The van der Waals surface area contributed by atoms with E-state index in [1.54, 1.807) is 23.1 Å². The molecular formula is C14H12BrNO2. The Morgan fingerprint density at radius 2 is 2.28 bits per heavy atom. The van der Waals surface area contributed by atoms with E-state index >= 15 is 0 Å². The van der Waals surface area contributed by atoms with Crippen LogP contribution in [0.15, 0.2) is 22.7 Å². The first-order chi connectivity index (χ1) is 8.52. The molecule has 1 aromatic carbocycles. The van der Waals surface area contributed by atoms with E-state index in [0.717, 1.165) is 4.47 Å². The van der Waals surface area contributed by atoms with Gasteiger partial charge in [0.15, 0.2) is 5.78 Å². The minimum absolute atomic E-state index is 0.000600. The molecule has 1 saturated heterocycles. The first kappa shape index (κ1) is 12.8. The van der Waals surface area contributed by atoms with Crippen LogP contribution in [-0.2, 0) is 4.79 Å². The second kappa shape index (κ2) is 4.95. The van der Waals surface area contributed by atoms with Gasteiger partial charge in [-0.25, -0.2) is 0 Å². The number of nitrogens with zero attached hydrogens (tertiary/aromatic N) is 1. The lowest BCUT2D eigenvalue weighted by atomic mass is 10.1. The summed E-state index contributed by atoms with van der Waals surface area (Å²) in [4.78, 5) is 24.9. The third-order valence-electron chi connectivity index (χ3n) is 3.00. The van der Waals surface area contributed by atoms with Crippen molar-refractivity contribution in [1.29, 1.82) is 0 Å². The third-order valence-corrected chi connectivity index (χ3v) is 3.67. The van der Waals surface area contributed by atoms with Crippen LogP contribution >= 0.6 is 15.9 Å². The van der Waals surface area contributed by atoms with Crippen molar-refractivity contribution >= 4 is 33.3 Å². The summed E-state index contributed by atoms with van der Waals surface area (Å²) in [5.41, 5.74) is 1.30. The zero-order chi connectivity index (χ0) is 13.3. The second-order valence-electron chi connectivity index (χ2n) is 4.29. The number of hydrogen-bond donors (Lipinski definition) is 0. The first-order valence-corrected chi connectivity index (χ1v) is 6.39. The van der Waals surface area contributed by atoms with Gasteiger partial charge in [-0.1, -0.05) is 6.07 Å². The van der Waals surface area contributed by atoms with Gasteiger partial charge in [0, 0.05) is 28.9 Å². The van der Waals surface area contributed by atoms with Gasteiger partial charge in [-0.05, 0) is 35.0 Å². The van der Waals surface area contributed by atoms with Gasteiger partial charge in [0.2, 0.25) is 5.91 Å². The van der Waals surface area contributed by atoms with Crippen molar-refractivity contribution in [2.45, 2.75) is 13.3 Å². The number of amides is 1. The third kappa shape index (κ3) is 2.32. The predicted molar refractivity (Wildman–Crippen MR) is 73.4 cm³/mol. The molecule has 1 aliphatic rings. The van der Waals surface area contributed by atoms with Gasteiger partial charge >= 0.3 is 0 Å². The maximum absolute atomic E-state index is 11.9. The summed E-state index contributed by atoms with van der Waals surface area (Å²) in [5.74, 6) is 2.53. The summed E-state index contributed by atoms with van der Waals surface area (Å²) in [7, 11) is 0. The van der Waals surface area contributed by atoms with Gasteiger partial charge in [0.25, 0.3) is 0 Å². The monoisotopic (exact) mass is 305 g/mol. The van der Waals surface area contributed by atoms with Gasteiger partial charge in [0.1, 0.15) is 0 Å². The van der Waals surface area contributed by atoms with E-state index in [0.29, 0.717) is 24.2 Å². The number of Topliss-reactive ketones (excluding diaryl/α,β-unsaturated/α-hetero) is 1. The predicted octanol–water partition coefficient (Wildman–Crippen LogP) is 2.64. The van der Waals surface area contributed by atoms with Gasteiger partial charge in [-0.15, -0.1) is 12.3 Å². The van der Waals surface area contributed by atoms with Crippen LogP contribution in [-0.4, -0.2) is 18.2 Å².